The second-order valence-electron chi connectivity index (χ2n) is 7.28. The third kappa shape index (κ3) is 5.60. The van der Waals surface area contributed by atoms with E-state index in [0.717, 1.165) is 22.4 Å². The zero-order valence-corrected chi connectivity index (χ0v) is 18.8. The molecule has 172 valence electrons. The molecule has 8 nitrogen and oxygen atoms in total. The van der Waals surface area contributed by atoms with Gasteiger partial charge in [-0.2, -0.15) is 10.2 Å². The number of aromatic amines is 1. The summed E-state index contributed by atoms with van der Waals surface area (Å²) in [5.74, 6) is 1.50. The second-order valence-corrected chi connectivity index (χ2v) is 7.28. The molecule has 3 aromatic carbocycles. The minimum absolute atomic E-state index is 0.287. The van der Waals surface area contributed by atoms with Crippen LogP contribution in [0.1, 0.15) is 21.6 Å². The normalized spacial score (nSPS) is 10.8. The number of aromatic nitrogens is 2. The summed E-state index contributed by atoms with van der Waals surface area (Å²) in [7, 11) is 3.12. The molecule has 34 heavy (non-hydrogen) atoms. The summed E-state index contributed by atoms with van der Waals surface area (Å²) < 4.78 is 16.4. The van der Waals surface area contributed by atoms with Crippen molar-refractivity contribution in [2.75, 3.05) is 14.2 Å². The summed E-state index contributed by atoms with van der Waals surface area (Å²) >= 11 is 0. The molecule has 8 heteroatoms. The topological polar surface area (TPSA) is 97.8 Å². The number of carbonyl (C=O) groups is 1. The minimum atomic E-state index is -0.410. The van der Waals surface area contributed by atoms with Gasteiger partial charge in [0.25, 0.3) is 5.91 Å². The van der Waals surface area contributed by atoms with E-state index in [1.165, 1.54) is 6.21 Å². The molecule has 0 radical (unpaired) electrons. The molecule has 0 fully saturated rings. The van der Waals surface area contributed by atoms with E-state index in [9.17, 15) is 4.79 Å². The number of methoxy groups -OCH3 is 2. The Hall–Kier alpha value is -4.59. The van der Waals surface area contributed by atoms with Crippen molar-refractivity contribution in [3.63, 3.8) is 0 Å². The number of hydrogen-bond donors (Lipinski definition) is 2. The molecule has 0 spiro atoms. The van der Waals surface area contributed by atoms with Gasteiger partial charge < -0.3 is 14.2 Å². The number of benzene rings is 3. The third-order valence-electron chi connectivity index (χ3n) is 4.99. The Morgan fingerprint density at radius 2 is 1.79 bits per heavy atom. The van der Waals surface area contributed by atoms with Gasteiger partial charge in [-0.25, -0.2) is 5.43 Å². The Bertz CT molecular complexity index is 1280. The molecule has 0 aliphatic rings. The number of carbonyl (C=O) groups excluding carboxylic acids is 1. The van der Waals surface area contributed by atoms with Gasteiger partial charge in [0.15, 0.2) is 11.5 Å². The van der Waals surface area contributed by atoms with E-state index >= 15 is 0 Å². The quantitative estimate of drug-likeness (QED) is 0.287. The predicted octanol–water partition coefficient (Wildman–Crippen LogP) is 4.44. The average molecular weight is 457 g/mol. The fourth-order valence-corrected chi connectivity index (χ4v) is 3.23. The van der Waals surface area contributed by atoms with Crippen LogP contribution in [0.25, 0.3) is 11.3 Å². The van der Waals surface area contributed by atoms with E-state index in [0.29, 0.717) is 23.8 Å². The number of hydrazone groups is 1. The van der Waals surface area contributed by atoms with Crippen LogP contribution in [0.15, 0.2) is 84.0 Å². The molecule has 0 atom stereocenters. The van der Waals surface area contributed by atoms with Gasteiger partial charge in [0.05, 0.1) is 26.1 Å². The summed E-state index contributed by atoms with van der Waals surface area (Å²) in [4.78, 5) is 12.5. The predicted molar refractivity (Wildman–Crippen MR) is 129 cm³/mol. The number of nitrogens with one attached hydrogen (secondary N) is 2. The molecule has 1 heterocycles. The van der Waals surface area contributed by atoms with E-state index in [-0.39, 0.29) is 5.69 Å². The van der Waals surface area contributed by atoms with Crippen LogP contribution in [0.5, 0.6) is 17.2 Å². The van der Waals surface area contributed by atoms with Crippen molar-refractivity contribution in [3.05, 3.63) is 95.7 Å². The van der Waals surface area contributed by atoms with E-state index in [2.05, 4.69) is 20.7 Å². The second kappa shape index (κ2) is 10.8. The average Bonchev–Trinajstić information content (AvgIpc) is 3.39. The fraction of sp³-hybridized carbons (Fsp3) is 0.115. The van der Waals surface area contributed by atoms with Gasteiger partial charge in [0.2, 0.25) is 0 Å². The lowest BCUT2D eigenvalue weighted by Gasteiger charge is -2.07. The van der Waals surface area contributed by atoms with Crippen molar-refractivity contribution in [3.8, 4) is 28.5 Å². The highest BCUT2D eigenvalue weighted by molar-refractivity contribution is 5.94. The lowest BCUT2D eigenvalue weighted by atomic mass is 10.1. The van der Waals surface area contributed by atoms with Crippen molar-refractivity contribution < 1.29 is 19.0 Å². The van der Waals surface area contributed by atoms with Crippen LogP contribution in [0.3, 0.4) is 0 Å². The molecule has 0 saturated heterocycles. The molecule has 0 unspecified atom stereocenters. The number of rotatable bonds is 9. The van der Waals surface area contributed by atoms with Crippen LogP contribution in [-0.4, -0.2) is 36.5 Å². The van der Waals surface area contributed by atoms with Crippen molar-refractivity contribution in [1.82, 2.24) is 15.6 Å². The number of nitrogens with zero attached hydrogens (tertiary/aromatic N) is 2. The molecule has 2 N–H and O–H groups in total. The molecule has 4 rings (SSSR count). The highest BCUT2D eigenvalue weighted by Gasteiger charge is 2.11. The molecule has 0 bridgehead atoms. The zero-order valence-electron chi connectivity index (χ0n) is 18.8. The molecule has 4 aromatic rings. The largest absolute Gasteiger partial charge is 0.493 e. The highest BCUT2D eigenvalue weighted by atomic mass is 16.5. The van der Waals surface area contributed by atoms with Crippen LogP contribution in [-0.2, 0) is 6.61 Å². The van der Waals surface area contributed by atoms with Gasteiger partial charge in [-0.15, -0.1) is 0 Å². The molecule has 1 amide bonds. The van der Waals surface area contributed by atoms with Crippen LogP contribution in [0.4, 0.5) is 0 Å². The minimum Gasteiger partial charge on any atom is -0.493 e. The molecular formula is C26H24N4O4. The third-order valence-corrected chi connectivity index (χ3v) is 4.99. The summed E-state index contributed by atoms with van der Waals surface area (Å²) in [5.41, 5.74) is 6.06. The van der Waals surface area contributed by atoms with Crippen LogP contribution in [0, 0.1) is 0 Å². The summed E-state index contributed by atoms with van der Waals surface area (Å²) in [6.45, 7) is 0.469. The first-order valence-electron chi connectivity index (χ1n) is 10.5. The lowest BCUT2D eigenvalue weighted by Crippen LogP contribution is -2.18. The molecule has 0 saturated carbocycles. The Morgan fingerprint density at radius 3 is 2.59 bits per heavy atom. The van der Waals surface area contributed by atoms with Crippen LogP contribution < -0.4 is 19.6 Å². The number of hydrogen-bond acceptors (Lipinski definition) is 6. The SMILES string of the molecule is COc1ccc(/C=N\NC(=O)c2cc(-c3cccc(OCc4ccccc4)c3)n[nH]2)cc1OC. The lowest BCUT2D eigenvalue weighted by molar-refractivity contribution is 0.0950. The first kappa shape index (κ1) is 22.6. The maximum atomic E-state index is 12.5. The Labute approximate surface area is 197 Å². The van der Waals surface area contributed by atoms with Crippen molar-refractivity contribution in [2.45, 2.75) is 6.61 Å². The maximum Gasteiger partial charge on any atom is 0.289 e. The number of H-pyrrole nitrogens is 1. The van der Waals surface area contributed by atoms with Gasteiger partial charge in [-0.1, -0.05) is 42.5 Å². The maximum absolute atomic E-state index is 12.5. The zero-order chi connectivity index (χ0) is 23.8. The first-order valence-corrected chi connectivity index (χ1v) is 10.5. The van der Waals surface area contributed by atoms with E-state index in [1.54, 1.807) is 38.5 Å². The highest BCUT2D eigenvalue weighted by Crippen LogP contribution is 2.27. The van der Waals surface area contributed by atoms with E-state index < -0.39 is 5.91 Å². The standard InChI is InChI=1S/C26H24N4O4/c1-32-24-12-11-19(13-25(24)33-2)16-27-30-26(31)23-15-22(28-29-23)20-9-6-10-21(14-20)34-17-18-7-4-3-5-8-18/h3-16H,17H2,1-2H3,(H,28,29)(H,30,31)/b27-16-. The van der Waals surface area contributed by atoms with Crippen LogP contribution in [0.2, 0.25) is 0 Å². The number of ether oxygens (including phenoxy) is 3. The smallest absolute Gasteiger partial charge is 0.289 e. The van der Waals surface area contributed by atoms with Crippen molar-refractivity contribution in [1.29, 1.82) is 0 Å². The molecule has 1 aromatic heterocycles. The summed E-state index contributed by atoms with van der Waals surface area (Å²) in [5, 5.41) is 11.0. The van der Waals surface area contributed by atoms with Gasteiger partial charge in [-0.3, -0.25) is 9.89 Å². The van der Waals surface area contributed by atoms with Gasteiger partial charge in [-0.05, 0) is 47.5 Å². The molecule has 0 aliphatic carbocycles. The molecular weight excluding hydrogens is 432 g/mol. The monoisotopic (exact) mass is 456 g/mol. The summed E-state index contributed by atoms with van der Waals surface area (Å²) in [6, 6.07) is 24.5. The van der Waals surface area contributed by atoms with E-state index in [1.807, 2.05) is 54.6 Å². The van der Waals surface area contributed by atoms with Crippen LogP contribution >= 0.6 is 0 Å². The number of amides is 1. The molecule has 0 aliphatic heterocycles. The van der Waals surface area contributed by atoms with Crippen molar-refractivity contribution >= 4 is 12.1 Å². The Balaban J connectivity index is 1.38. The van der Waals surface area contributed by atoms with E-state index in [4.69, 9.17) is 14.2 Å². The Kier molecular flexibility index (Phi) is 7.19. The van der Waals surface area contributed by atoms with Gasteiger partial charge in [0.1, 0.15) is 18.1 Å². The van der Waals surface area contributed by atoms with Crippen molar-refractivity contribution in [2.24, 2.45) is 5.10 Å². The van der Waals surface area contributed by atoms with Gasteiger partial charge in [0, 0.05) is 5.56 Å². The fourth-order valence-electron chi connectivity index (χ4n) is 3.23. The Morgan fingerprint density at radius 1 is 0.971 bits per heavy atom. The summed E-state index contributed by atoms with van der Waals surface area (Å²) in [6.07, 6.45) is 1.52. The van der Waals surface area contributed by atoms with Gasteiger partial charge >= 0.3 is 0 Å². The first-order chi connectivity index (χ1) is 16.7.